The van der Waals surface area contributed by atoms with Crippen molar-refractivity contribution >= 4 is 17.5 Å². The first-order valence-corrected chi connectivity index (χ1v) is 6.32. The Morgan fingerprint density at radius 3 is 2.70 bits per heavy atom. The van der Waals surface area contributed by atoms with Gasteiger partial charge in [0.05, 0.1) is 11.8 Å². The minimum atomic E-state index is -0.900. The Hall–Kier alpha value is -1.95. The van der Waals surface area contributed by atoms with E-state index in [4.69, 9.17) is 5.11 Å². The van der Waals surface area contributed by atoms with Crippen LogP contribution in [-0.4, -0.2) is 41.5 Å². The van der Waals surface area contributed by atoms with Crippen molar-refractivity contribution in [2.75, 3.05) is 18.9 Å². The van der Waals surface area contributed by atoms with E-state index in [0.717, 1.165) is 5.56 Å². The minimum absolute atomic E-state index is 0.0210. The maximum Gasteiger partial charge on any atom is 0.313 e. The van der Waals surface area contributed by atoms with Gasteiger partial charge in [-0.25, -0.2) is 4.39 Å². The third kappa shape index (κ3) is 4.62. The Balaban J connectivity index is 2.66. The molecule has 20 heavy (non-hydrogen) atoms. The number of aliphatic hydroxyl groups is 1. The molecule has 1 aromatic carbocycles. The zero-order valence-corrected chi connectivity index (χ0v) is 11.8. The number of nitrogens with one attached hydrogen (secondary N) is 1. The van der Waals surface area contributed by atoms with Gasteiger partial charge in [-0.15, -0.1) is 0 Å². The van der Waals surface area contributed by atoms with Crippen LogP contribution in [0.1, 0.15) is 18.9 Å². The monoisotopic (exact) mass is 282 g/mol. The van der Waals surface area contributed by atoms with Gasteiger partial charge in [-0.1, -0.05) is 6.07 Å². The Kier molecular flexibility index (Phi) is 5.64. The summed E-state index contributed by atoms with van der Waals surface area (Å²) in [5.74, 6) is -2.27. The average Bonchev–Trinajstić information content (AvgIpc) is 2.39. The number of rotatable bonds is 4. The molecular weight excluding hydrogens is 263 g/mol. The molecule has 0 saturated heterocycles. The Morgan fingerprint density at radius 1 is 1.45 bits per heavy atom. The van der Waals surface area contributed by atoms with Crippen LogP contribution in [0, 0.1) is 12.7 Å². The fraction of sp³-hybridized carbons (Fsp3) is 0.429. The minimum Gasteiger partial charge on any atom is -0.393 e. The highest BCUT2D eigenvalue weighted by atomic mass is 19.1. The SMILES string of the molecule is Cc1ccc(F)c(NC(=O)C(=O)N(C)CCC(C)O)c1. The summed E-state index contributed by atoms with van der Waals surface area (Å²) in [7, 11) is 1.46. The van der Waals surface area contributed by atoms with Crippen LogP contribution in [0.25, 0.3) is 0 Å². The van der Waals surface area contributed by atoms with E-state index in [-0.39, 0.29) is 12.2 Å². The van der Waals surface area contributed by atoms with Crippen molar-refractivity contribution in [2.24, 2.45) is 0 Å². The third-order valence-electron chi connectivity index (χ3n) is 2.79. The van der Waals surface area contributed by atoms with Crippen LogP contribution in [0.3, 0.4) is 0 Å². The number of halogens is 1. The van der Waals surface area contributed by atoms with Gasteiger partial charge in [-0.3, -0.25) is 9.59 Å². The van der Waals surface area contributed by atoms with Crippen LogP contribution >= 0.6 is 0 Å². The maximum absolute atomic E-state index is 13.5. The van der Waals surface area contributed by atoms with Crippen LogP contribution < -0.4 is 5.32 Å². The van der Waals surface area contributed by atoms with Crippen molar-refractivity contribution in [3.05, 3.63) is 29.6 Å². The molecule has 0 aliphatic heterocycles. The lowest BCUT2D eigenvalue weighted by Crippen LogP contribution is -2.38. The quantitative estimate of drug-likeness (QED) is 0.818. The summed E-state index contributed by atoms with van der Waals surface area (Å²) in [5.41, 5.74) is 0.754. The molecule has 1 unspecified atom stereocenters. The molecule has 0 radical (unpaired) electrons. The molecule has 1 rings (SSSR count). The Labute approximate surface area is 117 Å². The van der Waals surface area contributed by atoms with Crippen LogP contribution in [0.5, 0.6) is 0 Å². The molecule has 0 aliphatic rings. The number of carbonyl (C=O) groups excluding carboxylic acids is 2. The van der Waals surface area contributed by atoms with Crippen molar-refractivity contribution in [1.82, 2.24) is 4.90 Å². The van der Waals surface area contributed by atoms with Gasteiger partial charge in [0.15, 0.2) is 0 Å². The molecule has 0 bridgehead atoms. The zero-order valence-electron chi connectivity index (χ0n) is 11.8. The molecule has 0 heterocycles. The maximum atomic E-state index is 13.5. The normalized spacial score (nSPS) is 11.8. The lowest BCUT2D eigenvalue weighted by molar-refractivity contribution is -0.142. The first kappa shape index (κ1) is 16.1. The van der Waals surface area contributed by atoms with Crippen molar-refractivity contribution < 1.29 is 19.1 Å². The highest BCUT2D eigenvalue weighted by Crippen LogP contribution is 2.15. The number of aliphatic hydroxyl groups excluding tert-OH is 1. The van der Waals surface area contributed by atoms with E-state index >= 15 is 0 Å². The molecule has 1 atom stereocenters. The molecule has 1 aromatic rings. The second-order valence-corrected chi connectivity index (χ2v) is 4.80. The van der Waals surface area contributed by atoms with Gasteiger partial charge in [-0.05, 0) is 38.0 Å². The third-order valence-corrected chi connectivity index (χ3v) is 2.79. The number of likely N-dealkylation sites (N-methyl/N-ethyl adjacent to an activating group) is 1. The Bertz CT molecular complexity index is 503. The van der Waals surface area contributed by atoms with Gasteiger partial charge in [0.25, 0.3) is 0 Å². The first-order valence-electron chi connectivity index (χ1n) is 6.32. The molecule has 110 valence electrons. The van der Waals surface area contributed by atoms with E-state index in [2.05, 4.69) is 5.32 Å². The van der Waals surface area contributed by atoms with Crippen LogP contribution in [0.2, 0.25) is 0 Å². The van der Waals surface area contributed by atoms with E-state index in [0.29, 0.717) is 6.42 Å². The molecule has 2 N–H and O–H groups in total. The Morgan fingerprint density at radius 2 is 2.10 bits per heavy atom. The fourth-order valence-corrected chi connectivity index (χ4v) is 1.57. The molecule has 0 fully saturated rings. The predicted octanol–water partition coefficient (Wildman–Crippen LogP) is 1.30. The molecule has 0 saturated carbocycles. The highest BCUT2D eigenvalue weighted by Gasteiger charge is 2.20. The predicted molar refractivity (Wildman–Crippen MR) is 73.7 cm³/mol. The number of anilines is 1. The zero-order chi connectivity index (χ0) is 15.3. The van der Waals surface area contributed by atoms with Crippen molar-refractivity contribution in [3.8, 4) is 0 Å². The second kappa shape index (κ2) is 7.00. The van der Waals surface area contributed by atoms with Crippen molar-refractivity contribution in [2.45, 2.75) is 26.4 Å². The summed E-state index contributed by atoms with van der Waals surface area (Å²) in [6, 6.07) is 4.25. The van der Waals surface area contributed by atoms with E-state index in [1.165, 1.54) is 24.1 Å². The van der Waals surface area contributed by atoms with Gasteiger partial charge in [-0.2, -0.15) is 0 Å². The van der Waals surface area contributed by atoms with E-state index in [9.17, 15) is 14.0 Å². The lowest BCUT2D eigenvalue weighted by atomic mass is 10.2. The summed E-state index contributed by atoms with van der Waals surface area (Å²) < 4.78 is 13.5. The molecule has 5 nitrogen and oxygen atoms in total. The average molecular weight is 282 g/mol. The van der Waals surface area contributed by atoms with E-state index in [1.807, 2.05) is 0 Å². The standard InChI is InChI=1S/C14H19FN2O3/c1-9-4-5-11(15)12(8-9)16-13(19)14(20)17(3)7-6-10(2)18/h4-5,8,10,18H,6-7H2,1-3H3,(H,16,19). The largest absolute Gasteiger partial charge is 0.393 e. The van der Waals surface area contributed by atoms with Gasteiger partial charge in [0, 0.05) is 13.6 Å². The number of hydrogen-bond acceptors (Lipinski definition) is 3. The first-order chi connectivity index (χ1) is 9.31. The van der Waals surface area contributed by atoms with Crippen molar-refractivity contribution in [3.63, 3.8) is 0 Å². The number of benzene rings is 1. The fourth-order valence-electron chi connectivity index (χ4n) is 1.57. The molecule has 0 aliphatic carbocycles. The highest BCUT2D eigenvalue weighted by molar-refractivity contribution is 6.39. The van der Waals surface area contributed by atoms with E-state index < -0.39 is 23.7 Å². The van der Waals surface area contributed by atoms with Gasteiger partial charge < -0.3 is 15.3 Å². The van der Waals surface area contributed by atoms with E-state index in [1.54, 1.807) is 19.9 Å². The smallest absolute Gasteiger partial charge is 0.313 e. The summed E-state index contributed by atoms with van der Waals surface area (Å²) in [5, 5.41) is 11.4. The van der Waals surface area contributed by atoms with Gasteiger partial charge in [0.2, 0.25) is 0 Å². The summed E-state index contributed by atoms with van der Waals surface area (Å²) >= 11 is 0. The molecule has 6 heteroatoms. The summed E-state index contributed by atoms with van der Waals surface area (Å²) in [4.78, 5) is 24.7. The van der Waals surface area contributed by atoms with Gasteiger partial charge >= 0.3 is 11.8 Å². The van der Waals surface area contributed by atoms with Gasteiger partial charge in [0.1, 0.15) is 5.82 Å². The van der Waals surface area contributed by atoms with Crippen molar-refractivity contribution in [1.29, 1.82) is 0 Å². The molecule has 0 aromatic heterocycles. The number of amides is 2. The summed E-state index contributed by atoms with van der Waals surface area (Å²) in [6.45, 7) is 3.60. The number of aryl methyl sites for hydroxylation is 1. The topological polar surface area (TPSA) is 69.6 Å². The number of nitrogens with zero attached hydrogens (tertiary/aromatic N) is 1. The molecule has 0 spiro atoms. The summed E-state index contributed by atoms with van der Waals surface area (Å²) in [6.07, 6.45) is -0.184. The number of carbonyl (C=O) groups is 2. The second-order valence-electron chi connectivity index (χ2n) is 4.80. The lowest BCUT2D eigenvalue weighted by Gasteiger charge is -2.17. The van der Waals surface area contributed by atoms with Crippen LogP contribution in [0.4, 0.5) is 10.1 Å². The van der Waals surface area contributed by atoms with Crippen LogP contribution in [0.15, 0.2) is 18.2 Å². The number of hydrogen-bond donors (Lipinski definition) is 2. The molecule has 2 amide bonds. The molecular formula is C14H19FN2O3. The van der Waals surface area contributed by atoms with Crippen LogP contribution in [-0.2, 0) is 9.59 Å².